The van der Waals surface area contributed by atoms with Crippen LogP contribution < -0.4 is 0 Å². The molecule has 0 amide bonds. The van der Waals surface area contributed by atoms with Crippen LogP contribution >= 0.6 is 0 Å². The van der Waals surface area contributed by atoms with Crippen LogP contribution in [-0.2, 0) is 5.41 Å². The molecule has 0 unspecified atom stereocenters. The van der Waals surface area contributed by atoms with Gasteiger partial charge in [0, 0.05) is 5.41 Å². The molecule has 0 heteroatoms. The van der Waals surface area contributed by atoms with Crippen molar-refractivity contribution in [2.75, 3.05) is 0 Å². The summed E-state index contributed by atoms with van der Waals surface area (Å²) in [6.07, 6.45) is 8.79. The minimum absolute atomic E-state index is 0.0859. The van der Waals surface area contributed by atoms with E-state index < -0.39 is 0 Å². The van der Waals surface area contributed by atoms with E-state index in [0.29, 0.717) is 0 Å². The molecule has 0 aliphatic heterocycles. The Hall–Kier alpha value is -4.68. The molecule has 0 atom stereocenters. The zero-order valence-corrected chi connectivity index (χ0v) is 24.4. The van der Waals surface area contributed by atoms with Crippen LogP contribution in [0.15, 0.2) is 121 Å². The molecule has 0 aliphatic carbocycles. The van der Waals surface area contributed by atoms with Gasteiger partial charge >= 0.3 is 0 Å². The van der Waals surface area contributed by atoms with Crippen molar-refractivity contribution in [1.82, 2.24) is 0 Å². The molecule has 0 fully saturated rings. The van der Waals surface area contributed by atoms with Crippen molar-refractivity contribution in [3.63, 3.8) is 0 Å². The van der Waals surface area contributed by atoms with E-state index in [9.17, 15) is 0 Å². The lowest BCUT2D eigenvalue weighted by molar-refractivity contribution is 0.641. The molecule has 0 radical (unpaired) electrons. The number of rotatable bonds is 6. The Labute approximate surface area is 244 Å². The van der Waals surface area contributed by atoms with E-state index in [1.54, 1.807) is 0 Å². The van der Waals surface area contributed by atoms with Crippen LogP contribution in [0.2, 0.25) is 0 Å². The van der Waals surface area contributed by atoms with Gasteiger partial charge in [0.05, 0.1) is 0 Å². The molecule has 0 saturated heterocycles. The van der Waals surface area contributed by atoms with Gasteiger partial charge in [-0.05, 0) is 80.9 Å². The highest BCUT2D eigenvalue weighted by molar-refractivity contribution is 5.87. The van der Waals surface area contributed by atoms with Crippen LogP contribution in [0.5, 0.6) is 0 Å². The minimum Gasteiger partial charge on any atom is -0.0587 e. The maximum Gasteiger partial charge on any atom is 0.0146 e. The lowest BCUT2D eigenvalue weighted by atomic mass is 9.78. The van der Waals surface area contributed by atoms with Gasteiger partial charge in [-0.2, -0.15) is 0 Å². The first-order valence-electron chi connectivity index (χ1n) is 14.4. The minimum atomic E-state index is -0.0859. The van der Waals surface area contributed by atoms with Crippen LogP contribution in [0.1, 0.15) is 58.4 Å². The predicted molar refractivity (Wildman–Crippen MR) is 180 cm³/mol. The summed E-state index contributed by atoms with van der Waals surface area (Å²) in [5.74, 6) is 0. The van der Waals surface area contributed by atoms with Crippen molar-refractivity contribution < 1.29 is 0 Å². The van der Waals surface area contributed by atoms with Crippen molar-refractivity contribution in [2.45, 2.75) is 33.1 Å². The second-order valence-corrected chi connectivity index (χ2v) is 11.8. The number of hydrogen-bond donors (Lipinski definition) is 0. The summed E-state index contributed by atoms with van der Waals surface area (Å²) in [4.78, 5) is 0. The highest BCUT2D eigenvalue weighted by Crippen LogP contribution is 2.32. The molecule has 6 aromatic carbocycles. The maximum absolute atomic E-state index is 2.30. The Morgan fingerprint density at radius 2 is 0.683 bits per heavy atom. The second-order valence-electron chi connectivity index (χ2n) is 11.8. The first kappa shape index (κ1) is 26.5. The average molecular weight is 529 g/mol. The Bertz CT molecular complexity index is 1750. The van der Waals surface area contributed by atoms with E-state index in [1.165, 1.54) is 66.1 Å². The molecule has 6 rings (SSSR count). The molecule has 0 nitrogen and oxygen atoms in total. The smallest absolute Gasteiger partial charge is 0.0146 e. The van der Waals surface area contributed by atoms with Gasteiger partial charge in [-0.15, -0.1) is 0 Å². The summed E-state index contributed by atoms with van der Waals surface area (Å²) in [5.41, 5.74) is 9.97. The quantitative estimate of drug-likeness (QED) is 0.189. The molecule has 0 spiro atoms. The zero-order chi connectivity index (χ0) is 28.4. The van der Waals surface area contributed by atoms with Crippen molar-refractivity contribution >= 4 is 45.8 Å². The monoisotopic (exact) mass is 528 g/mol. The lowest BCUT2D eigenvalue weighted by Crippen LogP contribution is -2.18. The molecule has 6 aromatic rings. The molecular formula is C41H36. The largest absolute Gasteiger partial charge is 0.0587 e. The van der Waals surface area contributed by atoms with Crippen molar-refractivity contribution in [1.29, 1.82) is 0 Å². The van der Waals surface area contributed by atoms with Crippen LogP contribution in [0.4, 0.5) is 0 Å². The predicted octanol–water partition coefficient (Wildman–Crippen LogP) is 11.3. The van der Waals surface area contributed by atoms with Gasteiger partial charge in [0.1, 0.15) is 0 Å². The van der Waals surface area contributed by atoms with Gasteiger partial charge in [0.25, 0.3) is 0 Å². The van der Waals surface area contributed by atoms with E-state index in [2.05, 4.69) is 173 Å². The van der Waals surface area contributed by atoms with Crippen LogP contribution in [-0.4, -0.2) is 0 Å². The molecule has 0 N–H and O–H groups in total. The highest BCUT2D eigenvalue weighted by Gasteiger charge is 2.22. The fourth-order valence-electron chi connectivity index (χ4n) is 5.55. The van der Waals surface area contributed by atoms with Crippen molar-refractivity contribution in [3.8, 4) is 0 Å². The van der Waals surface area contributed by atoms with Crippen molar-refractivity contribution in [2.24, 2.45) is 0 Å². The molecule has 200 valence electrons. The molecule has 0 aliphatic rings. The average Bonchev–Trinajstić information content (AvgIpc) is 2.99. The third-order valence-electron chi connectivity index (χ3n) is 8.24. The first-order chi connectivity index (χ1) is 19.8. The molecule has 0 saturated carbocycles. The van der Waals surface area contributed by atoms with Gasteiger partial charge in [0.2, 0.25) is 0 Å². The highest BCUT2D eigenvalue weighted by atomic mass is 14.3. The standard InChI is InChI=1S/C41H36/c1-29-5-17-37-27-33(11-19-35(37)25-29)9-7-31-13-21-39(22-14-31)41(3,4)40-23-15-32(16-24-40)8-10-34-12-20-36-26-30(2)6-18-38(36)28-34/h5-28H,1-4H3. The van der Waals surface area contributed by atoms with E-state index in [1.807, 2.05) is 0 Å². The summed E-state index contributed by atoms with van der Waals surface area (Å²) in [5, 5.41) is 5.13. The van der Waals surface area contributed by atoms with Gasteiger partial charge in [0.15, 0.2) is 0 Å². The molecular weight excluding hydrogens is 492 g/mol. The summed E-state index contributed by atoms with van der Waals surface area (Å²) >= 11 is 0. The van der Waals surface area contributed by atoms with Crippen LogP contribution in [0.25, 0.3) is 45.8 Å². The number of aryl methyl sites for hydroxylation is 2. The van der Waals surface area contributed by atoms with Crippen LogP contribution in [0.3, 0.4) is 0 Å². The second kappa shape index (κ2) is 11.1. The summed E-state index contributed by atoms with van der Waals surface area (Å²) < 4.78 is 0. The normalized spacial score (nSPS) is 12.2. The number of hydrogen-bond acceptors (Lipinski definition) is 0. The van der Waals surface area contributed by atoms with Crippen molar-refractivity contribution in [3.05, 3.63) is 166 Å². The van der Waals surface area contributed by atoms with Crippen LogP contribution in [0, 0.1) is 13.8 Å². The number of benzene rings is 6. The zero-order valence-electron chi connectivity index (χ0n) is 24.4. The van der Waals surface area contributed by atoms with Gasteiger partial charge in [-0.3, -0.25) is 0 Å². The molecule has 41 heavy (non-hydrogen) atoms. The summed E-state index contributed by atoms with van der Waals surface area (Å²) in [7, 11) is 0. The Morgan fingerprint density at radius 3 is 1.10 bits per heavy atom. The number of fused-ring (bicyclic) bond motifs is 2. The Kier molecular flexibility index (Phi) is 7.16. The summed E-state index contributed by atoms with van der Waals surface area (Å²) in [6, 6.07) is 44.5. The summed E-state index contributed by atoms with van der Waals surface area (Å²) in [6.45, 7) is 8.88. The SMILES string of the molecule is Cc1ccc2cc(C=Cc3ccc(C(C)(C)c4ccc(C=Cc5ccc6cc(C)ccc6c5)cc4)cc3)ccc2c1. The third kappa shape index (κ3) is 5.93. The first-order valence-corrected chi connectivity index (χ1v) is 14.4. The molecule has 0 bridgehead atoms. The topological polar surface area (TPSA) is 0 Å². The Morgan fingerprint density at radius 1 is 0.366 bits per heavy atom. The molecule has 0 heterocycles. The van der Waals surface area contributed by atoms with E-state index in [0.717, 1.165) is 0 Å². The van der Waals surface area contributed by atoms with Gasteiger partial charge in [-0.25, -0.2) is 0 Å². The third-order valence-corrected chi connectivity index (χ3v) is 8.24. The van der Waals surface area contributed by atoms with E-state index in [-0.39, 0.29) is 5.41 Å². The maximum atomic E-state index is 2.30. The van der Waals surface area contributed by atoms with E-state index in [4.69, 9.17) is 0 Å². The van der Waals surface area contributed by atoms with Gasteiger partial charge < -0.3 is 0 Å². The van der Waals surface area contributed by atoms with Gasteiger partial charge in [-0.1, -0.05) is 158 Å². The fourth-order valence-corrected chi connectivity index (χ4v) is 5.55. The van der Waals surface area contributed by atoms with E-state index >= 15 is 0 Å². The fraction of sp³-hybridized carbons (Fsp3) is 0.122. The Balaban J connectivity index is 1.14. The lowest BCUT2D eigenvalue weighted by Gasteiger charge is -2.26. The molecule has 0 aromatic heterocycles.